The van der Waals surface area contributed by atoms with Crippen LogP contribution in [0.2, 0.25) is 0 Å². The SMILES string of the molecule is Cc1ccc(C2=C(Nc3cccc(C)c3)C(=O)N(c3ccc(OCC(C)C)cc3)C2=O)cc1. The van der Waals surface area contributed by atoms with Crippen LogP contribution in [0.5, 0.6) is 5.75 Å². The van der Waals surface area contributed by atoms with Gasteiger partial charge in [0.25, 0.3) is 11.8 Å². The zero-order chi connectivity index (χ0) is 23.5. The van der Waals surface area contributed by atoms with E-state index in [1.54, 1.807) is 24.3 Å². The summed E-state index contributed by atoms with van der Waals surface area (Å²) in [5, 5.41) is 3.21. The van der Waals surface area contributed by atoms with Gasteiger partial charge in [-0.15, -0.1) is 0 Å². The minimum Gasteiger partial charge on any atom is -0.493 e. The molecule has 5 heteroatoms. The Balaban J connectivity index is 1.70. The van der Waals surface area contributed by atoms with E-state index in [1.165, 1.54) is 4.90 Å². The first kappa shape index (κ1) is 22.3. The average molecular weight is 441 g/mol. The summed E-state index contributed by atoms with van der Waals surface area (Å²) >= 11 is 0. The monoisotopic (exact) mass is 440 g/mol. The van der Waals surface area contributed by atoms with E-state index >= 15 is 0 Å². The number of hydrogen-bond acceptors (Lipinski definition) is 4. The Morgan fingerprint density at radius 1 is 0.848 bits per heavy atom. The standard InChI is InChI=1S/C28H28N2O3/c1-18(2)17-33-24-14-12-23(13-15-24)30-27(31)25(21-10-8-19(3)9-11-21)26(28(30)32)29-22-7-5-6-20(4)16-22/h5-16,18,29H,17H2,1-4H3. The van der Waals surface area contributed by atoms with Crippen LogP contribution in [-0.4, -0.2) is 18.4 Å². The molecule has 0 saturated carbocycles. The lowest BCUT2D eigenvalue weighted by molar-refractivity contribution is -0.120. The molecule has 3 aromatic carbocycles. The first-order chi connectivity index (χ1) is 15.8. The normalized spacial score (nSPS) is 13.8. The molecule has 0 spiro atoms. The molecule has 2 amide bonds. The van der Waals surface area contributed by atoms with Crippen molar-refractivity contribution < 1.29 is 14.3 Å². The summed E-state index contributed by atoms with van der Waals surface area (Å²) in [5.74, 6) is 0.377. The van der Waals surface area contributed by atoms with Crippen molar-refractivity contribution in [2.24, 2.45) is 5.92 Å². The molecular weight excluding hydrogens is 412 g/mol. The lowest BCUT2D eigenvalue weighted by atomic mass is 10.0. The van der Waals surface area contributed by atoms with Gasteiger partial charge in [0.1, 0.15) is 11.4 Å². The fourth-order valence-corrected chi connectivity index (χ4v) is 3.69. The van der Waals surface area contributed by atoms with Gasteiger partial charge in [0, 0.05) is 5.69 Å². The fraction of sp³-hybridized carbons (Fsp3) is 0.214. The van der Waals surface area contributed by atoms with E-state index < -0.39 is 0 Å². The Morgan fingerprint density at radius 2 is 1.55 bits per heavy atom. The Hall–Kier alpha value is -3.86. The molecule has 0 unspecified atom stereocenters. The topological polar surface area (TPSA) is 58.6 Å². The van der Waals surface area contributed by atoms with Crippen molar-refractivity contribution in [2.45, 2.75) is 27.7 Å². The van der Waals surface area contributed by atoms with E-state index in [2.05, 4.69) is 19.2 Å². The van der Waals surface area contributed by atoms with Gasteiger partial charge < -0.3 is 10.1 Å². The van der Waals surface area contributed by atoms with Gasteiger partial charge in [-0.25, -0.2) is 4.90 Å². The van der Waals surface area contributed by atoms with Crippen LogP contribution in [0.1, 0.15) is 30.5 Å². The van der Waals surface area contributed by atoms with E-state index in [0.29, 0.717) is 35.1 Å². The lowest BCUT2D eigenvalue weighted by Gasteiger charge is -2.16. The zero-order valence-electron chi connectivity index (χ0n) is 19.4. The first-order valence-corrected chi connectivity index (χ1v) is 11.1. The van der Waals surface area contributed by atoms with Crippen LogP contribution in [0.25, 0.3) is 5.57 Å². The molecular formula is C28H28N2O3. The highest BCUT2D eigenvalue weighted by molar-refractivity contribution is 6.46. The van der Waals surface area contributed by atoms with Crippen molar-refractivity contribution >= 4 is 28.8 Å². The molecule has 0 aromatic heterocycles. The third kappa shape index (κ3) is 4.82. The largest absolute Gasteiger partial charge is 0.493 e. The van der Waals surface area contributed by atoms with Crippen molar-refractivity contribution in [1.29, 1.82) is 0 Å². The van der Waals surface area contributed by atoms with Crippen LogP contribution in [0, 0.1) is 19.8 Å². The van der Waals surface area contributed by atoms with Gasteiger partial charge in [-0.05, 0) is 67.3 Å². The van der Waals surface area contributed by atoms with Crippen LogP contribution < -0.4 is 15.0 Å². The predicted molar refractivity (Wildman–Crippen MR) is 132 cm³/mol. The summed E-state index contributed by atoms with van der Waals surface area (Å²) in [5.41, 5.74) is 4.74. The van der Waals surface area contributed by atoms with Crippen LogP contribution in [0.3, 0.4) is 0 Å². The molecule has 0 fully saturated rings. The molecule has 3 aromatic rings. The zero-order valence-corrected chi connectivity index (χ0v) is 19.4. The number of imide groups is 1. The van der Waals surface area contributed by atoms with Crippen LogP contribution in [0.15, 0.2) is 78.5 Å². The molecule has 4 rings (SSSR count). The highest BCUT2D eigenvalue weighted by Crippen LogP contribution is 2.34. The maximum atomic E-state index is 13.5. The molecule has 168 valence electrons. The summed E-state index contributed by atoms with van der Waals surface area (Å²) in [6.07, 6.45) is 0. The highest BCUT2D eigenvalue weighted by Gasteiger charge is 2.40. The Labute approximate surface area is 194 Å². The third-order valence-electron chi connectivity index (χ3n) is 5.39. The smallest absolute Gasteiger partial charge is 0.282 e. The summed E-state index contributed by atoms with van der Waals surface area (Å²) in [6, 6.07) is 22.4. The summed E-state index contributed by atoms with van der Waals surface area (Å²) in [7, 11) is 0. The number of hydrogen-bond donors (Lipinski definition) is 1. The third-order valence-corrected chi connectivity index (χ3v) is 5.39. The molecule has 0 bridgehead atoms. The van der Waals surface area contributed by atoms with Gasteiger partial charge in [0.15, 0.2) is 0 Å². The molecule has 1 aliphatic rings. The number of benzene rings is 3. The number of amides is 2. The lowest BCUT2D eigenvalue weighted by Crippen LogP contribution is -2.32. The number of rotatable bonds is 7. The molecule has 33 heavy (non-hydrogen) atoms. The molecule has 1 heterocycles. The summed E-state index contributed by atoms with van der Waals surface area (Å²) in [4.78, 5) is 28.3. The summed E-state index contributed by atoms with van der Waals surface area (Å²) in [6.45, 7) is 8.73. The molecule has 0 atom stereocenters. The van der Waals surface area contributed by atoms with Gasteiger partial charge in [-0.1, -0.05) is 55.8 Å². The molecule has 0 radical (unpaired) electrons. The Bertz CT molecular complexity index is 1210. The van der Waals surface area contributed by atoms with Crippen molar-refractivity contribution in [3.05, 3.63) is 95.2 Å². The Kier molecular flexibility index (Phi) is 6.31. The Morgan fingerprint density at radius 3 is 2.18 bits per heavy atom. The second kappa shape index (κ2) is 9.33. The van der Waals surface area contributed by atoms with Crippen molar-refractivity contribution in [1.82, 2.24) is 0 Å². The van der Waals surface area contributed by atoms with E-state index in [1.807, 2.05) is 62.4 Å². The van der Waals surface area contributed by atoms with Gasteiger partial charge in [0.05, 0.1) is 17.9 Å². The maximum Gasteiger partial charge on any atom is 0.282 e. The van der Waals surface area contributed by atoms with Crippen LogP contribution >= 0.6 is 0 Å². The number of ether oxygens (including phenoxy) is 1. The van der Waals surface area contributed by atoms with E-state index in [9.17, 15) is 9.59 Å². The second-order valence-corrected chi connectivity index (χ2v) is 8.75. The number of aryl methyl sites for hydroxylation is 2. The van der Waals surface area contributed by atoms with Gasteiger partial charge in [-0.2, -0.15) is 0 Å². The molecule has 5 nitrogen and oxygen atoms in total. The second-order valence-electron chi connectivity index (χ2n) is 8.75. The van der Waals surface area contributed by atoms with E-state index in [-0.39, 0.29) is 17.5 Å². The van der Waals surface area contributed by atoms with Gasteiger partial charge >= 0.3 is 0 Å². The number of carbonyl (C=O) groups is 2. The number of nitrogens with one attached hydrogen (secondary N) is 1. The van der Waals surface area contributed by atoms with Crippen molar-refractivity contribution in [2.75, 3.05) is 16.8 Å². The molecule has 1 N–H and O–H groups in total. The maximum absolute atomic E-state index is 13.5. The number of nitrogens with zero attached hydrogens (tertiary/aromatic N) is 1. The number of carbonyl (C=O) groups excluding carboxylic acids is 2. The minimum atomic E-state index is -0.382. The molecule has 0 aliphatic carbocycles. The molecule has 0 saturated heterocycles. The first-order valence-electron chi connectivity index (χ1n) is 11.1. The quantitative estimate of drug-likeness (QED) is 0.476. The number of anilines is 2. The minimum absolute atomic E-state index is 0.273. The van der Waals surface area contributed by atoms with Gasteiger partial charge in [-0.3, -0.25) is 9.59 Å². The fourth-order valence-electron chi connectivity index (χ4n) is 3.69. The van der Waals surface area contributed by atoms with Crippen LogP contribution in [-0.2, 0) is 9.59 Å². The average Bonchev–Trinajstić information content (AvgIpc) is 3.03. The van der Waals surface area contributed by atoms with E-state index in [4.69, 9.17) is 4.74 Å². The predicted octanol–water partition coefficient (Wildman–Crippen LogP) is 5.73. The van der Waals surface area contributed by atoms with Gasteiger partial charge in [0.2, 0.25) is 0 Å². The van der Waals surface area contributed by atoms with E-state index in [0.717, 1.165) is 16.8 Å². The summed E-state index contributed by atoms with van der Waals surface area (Å²) < 4.78 is 5.74. The van der Waals surface area contributed by atoms with Crippen molar-refractivity contribution in [3.63, 3.8) is 0 Å². The van der Waals surface area contributed by atoms with Crippen LogP contribution in [0.4, 0.5) is 11.4 Å². The molecule has 1 aliphatic heterocycles. The van der Waals surface area contributed by atoms with Crippen molar-refractivity contribution in [3.8, 4) is 5.75 Å². The highest BCUT2D eigenvalue weighted by atomic mass is 16.5.